The summed E-state index contributed by atoms with van der Waals surface area (Å²) < 4.78 is 0. The lowest BCUT2D eigenvalue weighted by Crippen LogP contribution is -2.56. The molecule has 0 aliphatic carbocycles. The van der Waals surface area contributed by atoms with E-state index in [0.29, 0.717) is 5.78 Å². The molecule has 2 heterocycles. The maximum absolute atomic E-state index is 12.1. The van der Waals surface area contributed by atoms with Gasteiger partial charge < -0.3 is 0 Å². The summed E-state index contributed by atoms with van der Waals surface area (Å²) in [5.74, 6) is 0.419. The van der Waals surface area contributed by atoms with Crippen LogP contribution in [0.5, 0.6) is 0 Å². The third kappa shape index (κ3) is 1.00. The maximum Gasteiger partial charge on any atom is 0.158 e. The molecule has 2 aliphatic heterocycles. The van der Waals surface area contributed by atoms with Gasteiger partial charge in [0.05, 0.1) is 0 Å². The molecule has 1 aromatic carbocycles. The zero-order chi connectivity index (χ0) is 10.5. The maximum atomic E-state index is 12.1. The number of hydrogen-bond acceptors (Lipinski definition) is 2. The summed E-state index contributed by atoms with van der Waals surface area (Å²) in [4.78, 5) is 14.4. The number of ketones is 1. The van der Waals surface area contributed by atoms with Crippen molar-refractivity contribution >= 4 is 5.78 Å². The SMILES string of the molecule is Cc1ccccc1C12CCN1CCC2=O. The second-order valence-corrected chi connectivity index (χ2v) is 4.59. The van der Waals surface area contributed by atoms with Crippen molar-refractivity contribution in [3.05, 3.63) is 35.4 Å². The molecule has 0 bridgehead atoms. The number of carbonyl (C=O) groups is 1. The van der Waals surface area contributed by atoms with Gasteiger partial charge in [-0.3, -0.25) is 9.69 Å². The van der Waals surface area contributed by atoms with Crippen LogP contribution in [0, 0.1) is 6.92 Å². The Hall–Kier alpha value is -1.15. The topological polar surface area (TPSA) is 20.3 Å². The molecule has 2 fully saturated rings. The first-order valence-corrected chi connectivity index (χ1v) is 5.59. The van der Waals surface area contributed by atoms with Crippen LogP contribution in [0.3, 0.4) is 0 Å². The number of Topliss-reactive ketones (excluding diaryl/α,β-unsaturated/α-hetero) is 1. The Bertz CT molecular complexity index is 426. The van der Waals surface area contributed by atoms with E-state index in [2.05, 4.69) is 24.0 Å². The minimum atomic E-state index is -0.231. The monoisotopic (exact) mass is 201 g/mol. The number of rotatable bonds is 1. The normalized spacial score (nSPS) is 30.1. The molecular formula is C13H15NO. The Balaban J connectivity index is 2.13. The zero-order valence-corrected chi connectivity index (χ0v) is 8.99. The van der Waals surface area contributed by atoms with Crippen LogP contribution in [0.25, 0.3) is 0 Å². The van der Waals surface area contributed by atoms with Crippen molar-refractivity contribution in [1.29, 1.82) is 0 Å². The van der Waals surface area contributed by atoms with Gasteiger partial charge in [-0.1, -0.05) is 24.3 Å². The predicted molar refractivity (Wildman–Crippen MR) is 58.7 cm³/mol. The van der Waals surface area contributed by atoms with E-state index in [1.807, 2.05) is 12.1 Å². The minimum absolute atomic E-state index is 0.231. The average Bonchev–Trinajstić information content (AvgIpc) is 2.40. The Morgan fingerprint density at radius 1 is 1.27 bits per heavy atom. The van der Waals surface area contributed by atoms with Gasteiger partial charge in [0.1, 0.15) is 5.54 Å². The van der Waals surface area contributed by atoms with Crippen molar-refractivity contribution in [2.45, 2.75) is 25.3 Å². The van der Waals surface area contributed by atoms with E-state index in [9.17, 15) is 4.79 Å². The molecule has 0 spiro atoms. The molecule has 0 N–H and O–H groups in total. The summed E-state index contributed by atoms with van der Waals surface area (Å²) in [6.45, 7) is 4.14. The number of hydrogen-bond donors (Lipinski definition) is 0. The van der Waals surface area contributed by atoms with Crippen LogP contribution < -0.4 is 0 Å². The predicted octanol–water partition coefficient (Wildman–Crippen LogP) is 1.87. The molecule has 2 aliphatic rings. The average molecular weight is 201 g/mol. The van der Waals surface area contributed by atoms with E-state index in [4.69, 9.17) is 0 Å². The highest BCUT2D eigenvalue weighted by molar-refractivity contribution is 5.93. The molecule has 0 aromatic heterocycles. The van der Waals surface area contributed by atoms with Crippen LogP contribution in [0.15, 0.2) is 24.3 Å². The first kappa shape index (κ1) is 9.10. The second-order valence-electron chi connectivity index (χ2n) is 4.59. The van der Waals surface area contributed by atoms with Crippen molar-refractivity contribution in [3.8, 4) is 0 Å². The number of carbonyl (C=O) groups excluding carboxylic acids is 1. The molecular weight excluding hydrogens is 186 g/mol. The highest BCUT2D eigenvalue weighted by atomic mass is 16.1. The zero-order valence-electron chi connectivity index (χ0n) is 8.99. The van der Waals surface area contributed by atoms with Gasteiger partial charge in [-0.15, -0.1) is 0 Å². The van der Waals surface area contributed by atoms with Crippen LogP contribution >= 0.6 is 0 Å². The molecule has 3 rings (SSSR count). The quantitative estimate of drug-likeness (QED) is 0.691. The molecule has 0 amide bonds. The van der Waals surface area contributed by atoms with Crippen molar-refractivity contribution in [2.75, 3.05) is 13.1 Å². The van der Waals surface area contributed by atoms with Gasteiger partial charge in [0.15, 0.2) is 5.78 Å². The smallest absolute Gasteiger partial charge is 0.158 e. The largest absolute Gasteiger partial charge is 0.297 e. The van der Waals surface area contributed by atoms with Crippen molar-refractivity contribution in [2.24, 2.45) is 0 Å². The molecule has 2 nitrogen and oxygen atoms in total. The summed E-state index contributed by atoms with van der Waals surface area (Å²) in [5, 5.41) is 0. The minimum Gasteiger partial charge on any atom is -0.297 e. The Morgan fingerprint density at radius 3 is 2.67 bits per heavy atom. The lowest BCUT2D eigenvalue weighted by molar-refractivity contribution is -0.131. The van der Waals surface area contributed by atoms with Gasteiger partial charge in [-0.25, -0.2) is 0 Å². The lowest BCUT2D eigenvalue weighted by Gasteiger charge is -2.47. The Kier molecular flexibility index (Phi) is 1.77. The van der Waals surface area contributed by atoms with E-state index >= 15 is 0 Å². The van der Waals surface area contributed by atoms with Crippen LogP contribution in [0.2, 0.25) is 0 Å². The second kappa shape index (κ2) is 2.92. The highest BCUT2D eigenvalue weighted by Crippen LogP contribution is 2.47. The highest BCUT2D eigenvalue weighted by Gasteiger charge is 2.55. The fraction of sp³-hybridized carbons (Fsp3) is 0.462. The summed E-state index contributed by atoms with van der Waals surface area (Å²) in [7, 11) is 0. The molecule has 15 heavy (non-hydrogen) atoms. The number of fused-ring (bicyclic) bond motifs is 1. The van der Waals surface area contributed by atoms with Crippen molar-refractivity contribution in [3.63, 3.8) is 0 Å². The fourth-order valence-corrected chi connectivity index (χ4v) is 3.05. The molecule has 1 atom stereocenters. The summed E-state index contributed by atoms with van der Waals surface area (Å²) in [5.41, 5.74) is 2.25. The standard InChI is InChI=1S/C13H15NO/c1-10-4-2-3-5-11(10)13-7-9-14(13)8-6-12(13)15/h2-5H,6-9H2,1H3. The third-order valence-electron chi connectivity index (χ3n) is 3.94. The van der Waals surface area contributed by atoms with Crippen molar-refractivity contribution < 1.29 is 4.79 Å². The molecule has 78 valence electrons. The first-order chi connectivity index (χ1) is 7.25. The van der Waals surface area contributed by atoms with Crippen LogP contribution in [0.1, 0.15) is 24.0 Å². The van der Waals surface area contributed by atoms with Gasteiger partial charge in [0, 0.05) is 19.5 Å². The molecule has 1 unspecified atom stereocenters. The van der Waals surface area contributed by atoms with Gasteiger partial charge in [0.25, 0.3) is 0 Å². The van der Waals surface area contributed by atoms with Gasteiger partial charge in [0.2, 0.25) is 0 Å². The van der Waals surface area contributed by atoms with Crippen LogP contribution in [-0.4, -0.2) is 23.8 Å². The van der Waals surface area contributed by atoms with Crippen molar-refractivity contribution in [1.82, 2.24) is 4.90 Å². The molecule has 1 aromatic rings. The first-order valence-electron chi connectivity index (χ1n) is 5.59. The third-order valence-corrected chi connectivity index (χ3v) is 3.94. The van der Waals surface area contributed by atoms with Crippen LogP contribution in [0.4, 0.5) is 0 Å². The Labute approximate surface area is 89.9 Å². The molecule has 2 heteroatoms. The summed E-state index contributed by atoms with van der Waals surface area (Å²) in [6.07, 6.45) is 1.74. The summed E-state index contributed by atoms with van der Waals surface area (Å²) in [6, 6.07) is 8.30. The summed E-state index contributed by atoms with van der Waals surface area (Å²) >= 11 is 0. The fourth-order valence-electron chi connectivity index (χ4n) is 3.05. The number of benzene rings is 1. The number of nitrogens with zero attached hydrogens (tertiary/aromatic N) is 1. The number of aryl methyl sites for hydroxylation is 1. The molecule has 2 saturated heterocycles. The van der Waals surface area contributed by atoms with E-state index in [0.717, 1.165) is 25.9 Å². The van der Waals surface area contributed by atoms with E-state index in [-0.39, 0.29) is 5.54 Å². The van der Waals surface area contributed by atoms with E-state index in [1.165, 1.54) is 11.1 Å². The van der Waals surface area contributed by atoms with E-state index < -0.39 is 0 Å². The lowest BCUT2D eigenvalue weighted by atomic mass is 9.76. The van der Waals surface area contributed by atoms with Gasteiger partial charge >= 0.3 is 0 Å². The van der Waals surface area contributed by atoms with Gasteiger partial charge in [-0.2, -0.15) is 0 Å². The van der Waals surface area contributed by atoms with E-state index in [1.54, 1.807) is 0 Å². The molecule has 0 saturated carbocycles. The molecule has 0 radical (unpaired) electrons. The van der Waals surface area contributed by atoms with Gasteiger partial charge in [-0.05, 0) is 24.5 Å². The van der Waals surface area contributed by atoms with Crippen LogP contribution in [-0.2, 0) is 10.3 Å². The Morgan fingerprint density at radius 2 is 2.07 bits per heavy atom.